The van der Waals surface area contributed by atoms with E-state index in [9.17, 15) is 0 Å². The summed E-state index contributed by atoms with van der Waals surface area (Å²) < 4.78 is 0. The Labute approximate surface area is 60.4 Å². The van der Waals surface area contributed by atoms with Crippen molar-refractivity contribution in [1.29, 1.82) is 0 Å². The summed E-state index contributed by atoms with van der Waals surface area (Å²) in [6.07, 6.45) is 2.88. The normalized spacial score (nSPS) is 16.8. The van der Waals surface area contributed by atoms with Crippen molar-refractivity contribution < 1.29 is 9.90 Å². The molecule has 0 aromatic rings. The van der Waals surface area contributed by atoms with Crippen LogP contribution in [0.2, 0.25) is 0 Å². The molecule has 0 aromatic carbocycles. The van der Waals surface area contributed by atoms with Crippen molar-refractivity contribution in [2.24, 2.45) is 5.73 Å². The fourth-order valence-electron chi connectivity index (χ4n) is 0.802. The molecule has 1 heterocycles. The molecule has 0 spiro atoms. The van der Waals surface area contributed by atoms with Gasteiger partial charge in [-0.15, -0.1) is 0 Å². The topological polar surface area (TPSA) is 75.3 Å². The number of piperidine rings is 1. The highest BCUT2D eigenvalue weighted by Gasteiger charge is 1.93. The van der Waals surface area contributed by atoms with E-state index >= 15 is 0 Å². The molecule has 4 heteroatoms. The summed E-state index contributed by atoms with van der Waals surface area (Å²) in [6, 6.07) is 0. The lowest BCUT2D eigenvalue weighted by molar-refractivity contribution is 0.205. The van der Waals surface area contributed by atoms with Crippen LogP contribution in [0.15, 0.2) is 0 Å². The summed E-state index contributed by atoms with van der Waals surface area (Å²) >= 11 is 0. The fourth-order valence-corrected chi connectivity index (χ4v) is 0.802. The molecule has 1 aliphatic heterocycles. The molecule has 1 fully saturated rings. The highest BCUT2D eigenvalue weighted by atomic mass is 16.4. The Morgan fingerprint density at radius 3 is 1.80 bits per heavy atom. The lowest BCUT2D eigenvalue weighted by atomic mass is 10.2. The van der Waals surface area contributed by atoms with Gasteiger partial charge < -0.3 is 16.2 Å². The monoisotopic (exact) mass is 146 g/mol. The van der Waals surface area contributed by atoms with Gasteiger partial charge in [-0.1, -0.05) is 6.42 Å². The van der Waals surface area contributed by atoms with E-state index in [-0.39, 0.29) is 0 Å². The Morgan fingerprint density at radius 1 is 1.30 bits per heavy atom. The van der Waals surface area contributed by atoms with Gasteiger partial charge in [0, 0.05) is 0 Å². The van der Waals surface area contributed by atoms with Gasteiger partial charge in [-0.3, -0.25) is 0 Å². The number of nitrogens with one attached hydrogen (secondary N) is 1. The summed E-state index contributed by atoms with van der Waals surface area (Å²) in [4.78, 5) is 8.78. The first kappa shape index (κ1) is 9.23. The largest absolute Gasteiger partial charge is 0.465 e. The number of carbonyl (C=O) groups is 1. The molecule has 0 atom stereocenters. The molecule has 1 amide bonds. The predicted octanol–water partition coefficient (Wildman–Crippen LogP) is 0.383. The maximum Gasteiger partial charge on any atom is 0.402 e. The van der Waals surface area contributed by atoms with Crippen molar-refractivity contribution in [3.05, 3.63) is 0 Å². The third-order valence-electron chi connectivity index (χ3n) is 1.21. The fraction of sp³-hybridized carbons (Fsp3) is 0.833. The Hall–Kier alpha value is -0.770. The van der Waals surface area contributed by atoms with Crippen LogP contribution in [0.3, 0.4) is 0 Å². The van der Waals surface area contributed by atoms with Crippen LogP contribution < -0.4 is 11.1 Å². The zero-order chi connectivity index (χ0) is 7.82. The number of hydrogen-bond donors (Lipinski definition) is 3. The summed E-state index contributed by atoms with van der Waals surface area (Å²) in [5, 5.41) is 10.5. The van der Waals surface area contributed by atoms with Crippen LogP contribution in [0.4, 0.5) is 4.79 Å². The van der Waals surface area contributed by atoms with E-state index in [0.717, 1.165) is 0 Å². The van der Waals surface area contributed by atoms with Gasteiger partial charge in [0.25, 0.3) is 0 Å². The van der Waals surface area contributed by atoms with Crippen LogP contribution in [0, 0.1) is 0 Å². The number of rotatable bonds is 0. The Morgan fingerprint density at radius 2 is 1.70 bits per heavy atom. The molecule has 1 aliphatic rings. The average molecular weight is 146 g/mol. The molecule has 10 heavy (non-hydrogen) atoms. The maximum atomic E-state index is 8.78. The van der Waals surface area contributed by atoms with E-state index < -0.39 is 6.09 Å². The highest BCUT2D eigenvalue weighted by molar-refractivity contribution is 5.61. The lowest BCUT2D eigenvalue weighted by Gasteiger charge is -2.08. The maximum absolute atomic E-state index is 8.78. The first-order valence-electron chi connectivity index (χ1n) is 3.42. The quantitative estimate of drug-likeness (QED) is 0.462. The van der Waals surface area contributed by atoms with E-state index in [2.05, 4.69) is 11.1 Å². The third kappa shape index (κ3) is 10.3. The van der Waals surface area contributed by atoms with Gasteiger partial charge >= 0.3 is 6.09 Å². The Balaban J connectivity index is 0.000000180. The van der Waals surface area contributed by atoms with Crippen molar-refractivity contribution in [3.8, 4) is 0 Å². The molecule has 0 unspecified atom stereocenters. The minimum absolute atomic E-state index is 1.25. The lowest BCUT2D eigenvalue weighted by Crippen LogP contribution is -2.21. The zero-order valence-corrected chi connectivity index (χ0v) is 5.97. The van der Waals surface area contributed by atoms with Gasteiger partial charge in [-0.2, -0.15) is 0 Å². The SMILES string of the molecule is C1CCNCC1.NC(=O)O. The first-order chi connectivity index (χ1) is 4.73. The van der Waals surface area contributed by atoms with Crippen LogP contribution in [-0.4, -0.2) is 24.3 Å². The Kier molecular flexibility index (Phi) is 5.86. The van der Waals surface area contributed by atoms with E-state index in [0.29, 0.717) is 0 Å². The molecule has 4 nitrogen and oxygen atoms in total. The summed E-state index contributed by atoms with van der Waals surface area (Å²) in [5.74, 6) is 0. The van der Waals surface area contributed by atoms with Crippen LogP contribution >= 0.6 is 0 Å². The summed E-state index contributed by atoms with van der Waals surface area (Å²) in [6.45, 7) is 2.50. The second-order valence-electron chi connectivity index (χ2n) is 2.15. The van der Waals surface area contributed by atoms with Crippen LogP contribution in [0.1, 0.15) is 19.3 Å². The first-order valence-corrected chi connectivity index (χ1v) is 3.42. The van der Waals surface area contributed by atoms with Gasteiger partial charge in [-0.25, -0.2) is 4.79 Å². The molecule has 1 saturated heterocycles. The highest BCUT2D eigenvalue weighted by Crippen LogP contribution is 1.96. The molecule has 0 saturated carbocycles. The second kappa shape index (κ2) is 6.35. The van der Waals surface area contributed by atoms with Crippen molar-refractivity contribution in [1.82, 2.24) is 5.32 Å². The van der Waals surface area contributed by atoms with E-state index in [1.54, 1.807) is 0 Å². The van der Waals surface area contributed by atoms with Crippen LogP contribution in [0.25, 0.3) is 0 Å². The smallest absolute Gasteiger partial charge is 0.402 e. The minimum Gasteiger partial charge on any atom is -0.465 e. The number of amides is 1. The zero-order valence-electron chi connectivity index (χ0n) is 5.97. The van der Waals surface area contributed by atoms with Gasteiger partial charge in [0.05, 0.1) is 0 Å². The van der Waals surface area contributed by atoms with E-state index in [4.69, 9.17) is 9.90 Å². The van der Waals surface area contributed by atoms with Crippen molar-refractivity contribution in [3.63, 3.8) is 0 Å². The van der Waals surface area contributed by atoms with Crippen LogP contribution in [-0.2, 0) is 0 Å². The number of carboxylic acid groups (broad SMARTS) is 1. The third-order valence-corrected chi connectivity index (χ3v) is 1.21. The standard InChI is InChI=1S/C5H11N.CH3NO2/c1-2-4-6-5-3-1;2-1(3)4/h6H,1-5H2;2H2,(H,3,4). The molecule has 1 rings (SSSR count). The van der Waals surface area contributed by atoms with Gasteiger partial charge in [-0.05, 0) is 25.9 Å². The minimum atomic E-state index is -1.33. The average Bonchev–Trinajstić information content (AvgIpc) is 1.90. The van der Waals surface area contributed by atoms with Gasteiger partial charge in [0.2, 0.25) is 0 Å². The van der Waals surface area contributed by atoms with Crippen molar-refractivity contribution in [2.75, 3.05) is 13.1 Å². The molecule has 0 bridgehead atoms. The summed E-state index contributed by atoms with van der Waals surface area (Å²) in [5.41, 5.74) is 4.03. The van der Waals surface area contributed by atoms with Gasteiger partial charge in [0.1, 0.15) is 0 Å². The van der Waals surface area contributed by atoms with Crippen LogP contribution in [0.5, 0.6) is 0 Å². The Bertz CT molecular complexity index is 76.2. The molecular weight excluding hydrogens is 132 g/mol. The molecule has 4 N–H and O–H groups in total. The number of nitrogens with two attached hydrogens (primary N) is 1. The van der Waals surface area contributed by atoms with Gasteiger partial charge in [0.15, 0.2) is 0 Å². The second-order valence-corrected chi connectivity index (χ2v) is 2.15. The molecule has 0 radical (unpaired) electrons. The summed E-state index contributed by atoms with van der Waals surface area (Å²) in [7, 11) is 0. The number of hydrogen-bond acceptors (Lipinski definition) is 2. The van der Waals surface area contributed by atoms with Crippen molar-refractivity contribution >= 4 is 6.09 Å². The van der Waals surface area contributed by atoms with E-state index in [1.807, 2.05) is 0 Å². The molecule has 60 valence electrons. The molecular formula is C6H14N2O2. The molecule has 0 aromatic heterocycles. The predicted molar refractivity (Wildman–Crippen MR) is 38.9 cm³/mol. The molecule has 0 aliphatic carbocycles. The van der Waals surface area contributed by atoms with Crippen molar-refractivity contribution in [2.45, 2.75) is 19.3 Å². The number of primary amides is 1. The van der Waals surface area contributed by atoms with E-state index in [1.165, 1.54) is 32.4 Å².